The fourth-order valence-electron chi connectivity index (χ4n) is 1.88. The molecular weight excluding hydrogens is 300 g/mol. The van der Waals surface area contributed by atoms with Gasteiger partial charge in [0.05, 0.1) is 6.10 Å². The Kier molecular flexibility index (Phi) is 5.93. The summed E-state index contributed by atoms with van der Waals surface area (Å²) < 4.78 is 32.0. The van der Waals surface area contributed by atoms with E-state index in [0.717, 1.165) is 4.31 Å². The van der Waals surface area contributed by atoms with E-state index in [0.29, 0.717) is 6.54 Å². The van der Waals surface area contributed by atoms with Crippen molar-refractivity contribution in [2.24, 2.45) is 0 Å². The molecule has 1 aliphatic rings. The number of piperazine rings is 1. The van der Waals surface area contributed by atoms with Gasteiger partial charge >= 0.3 is 16.3 Å². The Bertz CT molecular complexity index is 491. The Hall–Kier alpha value is -1.39. The summed E-state index contributed by atoms with van der Waals surface area (Å²) in [5, 5.41) is 2.96. The number of ether oxygens (including phenoxy) is 1. The van der Waals surface area contributed by atoms with E-state index in [9.17, 15) is 18.0 Å². The third-order valence-electron chi connectivity index (χ3n) is 2.78. The summed E-state index contributed by atoms with van der Waals surface area (Å²) in [6.07, 6.45) is -1.50. The Balaban J connectivity index is 2.87. The van der Waals surface area contributed by atoms with Gasteiger partial charge in [-0.15, -0.1) is 0 Å². The number of hydrogen-bond donors (Lipinski definition) is 2. The van der Waals surface area contributed by atoms with Gasteiger partial charge in [0, 0.05) is 33.7 Å². The van der Waals surface area contributed by atoms with Crippen molar-refractivity contribution in [2.75, 3.05) is 33.7 Å². The van der Waals surface area contributed by atoms with Crippen LogP contribution in [0.5, 0.6) is 0 Å². The summed E-state index contributed by atoms with van der Waals surface area (Å²) in [5.74, 6) is -0.357. The van der Waals surface area contributed by atoms with Crippen LogP contribution in [-0.2, 0) is 19.7 Å². The van der Waals surface area contributed by atoms with Gasteiger partial charge in [-0.1, -0.05) is 0 Å². The van der Waals surface area contributed by atoms with Crippen molar-refractivity contribution in [1.29, 1.82) is 0 Å². The lowest BCUT2D eigenvalue weighted by molar-refractivity contribution is -0.133. The highest BCUT2D eigenvalue weighted by atomic mass is 32.2. The van der Waals surface area contributed by atoms with E-state index in [2.05, 4.69) is 5.32 Å². The Morgan fingerprint density at radius 2 is 2.00 bits per heavy atom. The average Bonchev–Trinajstić information content (AvgIpc) is 2.36. The number of nitrogens with one attached hydrogen (secondary N) is 2. The Morgan fingerprint density at radius 3 is 2.52 bits per heavy atom. The van der Waals surface area contributed by atoms with Crippen LogP contribution in [-0.4, -0.2) is 75.5 Å². The highest BCUT2D eigenvalue weighted by Gasteiger charge is 2.38. The van der Waals surface area contributed by atoms with E-state index in [1.165, 1.54) is 4.90 Å². The van der Waals surface area contributed by atoms with E-state index >= 15 is 0 Å². The number of carbonyl (C=O) groups excluding carboxylic acids is 2. The molecule has 1 rings (SSSR count). The van der Waals surface area contributed by atoms with Crippen LogP contribution in [0.1, 0.15) is 13.8 Å². The van der Waals surface area contributed by atoms with Gasteiger partial charge < -0.3 is 15.0 Å². The zero-order valence-corrected chi connectivity index (χ0v) is 13.4. The van der Waals surface area contributed by atoms with Gasteiger partial charge in [0.25, 0.3) is 0 Å². The Morgan fingerprint density at radius 1 is 1.38 bits per heavy atom. The number of likely N-dealkylation sites (N-methyl/N-ethyl adjacent to an activating group) is 1. The molecule has 0 spiro atoms. The molecule has 0 radical (unpaired) electrons. The topological polar surface area (TPSA) is 108 Å². The second-order valence-electron chi connectivity index (χ2n) is 5.12. The highest BCUT2D eigenvalue weighted by Crippen LogP contribution is 2.11. The molecule has 0 bridgehead atoms. The van der Waals surface area contributed by atoms with Crippen LogP contribution in [0.15, 0.2) is 0 Å². The standard InChI is InChI=1S/C11H22N4O5S/c1-8(2)20-11(17)13-21(18,19)15-6-5-12-7-9(15)10(16)14(3)4/h8-9,12H,5-7H2,1-4H3,(H,13,17). The lowest BCUT2D eigenvalue weighted by Crippen LogP contribution is -2.61. The smallest absolute Gasteiger partial charge is 0.422 e. The molecular formula is C11H22N4O5S. The summed E-state index contributed by atoms with van der Waals surface area (Å²) >= 11 is 0. The highest BCUT2D eigenvalue weighted by molar-refractivity contribution is 7.87. The molecule has 0 aliphatic carbocycles. The van der Waals surface area contributed by atoms with Gasteiger partial charge in [-0.25, -0.2) is 9.52 Å². The summed E-state index contributed by atoms with van der Waals surface area (Å²) in [4.78, 5) is 24.8. The predicted octanol–water partition coefficient (Wildman–Crippen LogP) is -1.27. The number of carbonyl (C=O) groups is 2. The summed E-state index contributed by atoms with van der Waals surface area (Å²) in [6, 6.07) is -0.891. The fourth-order valence-corrected chi connectivity index (χ4v) is 3.09. The second-order valence-corrected chi connectivity index (χ2v) is 6.75. The predicted molar refractivity (Wildman–Crippen MR) is 75.7 cm³/mol. The van der Waals surface area contributed by atoms with Gasteiger partial charge in [0.1, 0.15) is 6.04 Å². The van der Waals surface area contributed by atoms with Crippen molar-refractivity contribution in [1.82, 2.24) is 19.2 Å². The molecule has 9 nitrogen and oxygen atoms in total. The first-order chi connectivity index (χ1) is 9.65. The molecule has 1 atom stereocenters. The van der Waals surface area contributed by atoms with Gasteiger partial charge in [-0.3, -0.25) is 4.79 Å². The van der Waals surface area contributed by atoms with Crippen LogP contribution < -0.4 is 10.0 Å². The summed E-state index contributed by atoms with van der Waals surface area (Å²) in [7, 11) is -1.05. The van der Waals surface area contributed by atoms with Gasteiger partial charge in [-0.2, -0.15) is 12.7 Å². The van der Waals surface area contributed by atoms with Crippen molar-refractivity contribution in [3.05, 3.63) is 0 Å². The summed E-state index contributed by atoms with van der Waals surface area (Å²) in [5.41, 5.74) is 0. The first-order valence-corrected chi connectivity index (χ1v) is 8.01. The minimum Gasteiger partial charge on any atom is -0.446 e. The molecule has 1 aliphatic heterocycles. The van der Waals surface area contributed by atoms with Crippen LogP contribution in [0.3, 0.4) is 0 Å². The third-order valence-corrected chi connectivity index (χ3v) is 4.26. The van der Waals surface area contributed by atoms with Crippen LogP contribution in [0.25, 0.3) is 0 Å². The lowest BCUT2D eigenvalue weighted by Gasteiger charge is -2.35. The van der Waals surface area contributed by atoms with E-state index in [-0.39, 0.29) is 19.0 Å². The number of amides is 2. The molecule has 10 heteroatoms. The molecule has 21 heavy (non-hydrogen) atoms. The molecule has 122 valence electrons. The quantitative estimate of drug-likeness (QED) is 0.668. The van der Waals surface area contributed by atoms with Gasteiger partial charge in [0.15, 0.2) is 0 Å². The number of hydrogen-bond acceptors (Lipinski definition) is 6. The maximum absolute atomic E-state index is 12.2. The van der Waals surface area contributed by atoms with E-state index in [1.54, 1.807) is 27.9 Å². The van der Waals surface area contributed by atoms with Crippen LogP contribution in [0.2, 0.25) is 0 Å². The fraction of sp³-hybridized carbons (Fsp3) is 0.818. The van der Waals surface area contributed by atoms with Crippen molar-refractivity contribution >= 4 is 22.2 Å². The first-order valence-electron chi connectivity index (χ1n) is 6.57. The minimum absolute atomic E-state index is 0.0918. The lowest BCUT2D eigenvalue weighted by atomic mass is 10.2. The molecule has 0 saturated carbocycles. The molecule has 2 amide bonds. The number of nitrogens with zero attached hydrogens (tertiary/aromatic N) is 2. The van der Waals surface area contributed by atoms with Crippen molar-refractivity contribution < 1.29 is 22.7 Å². The molecule has 2 N–H and O–H groups in total. The monoisotopic (exact) mass is 322 g/mol. The molecule has 1 unspecified atom stereocenters. The SMILES string of the molecule is CC(C)OC(=O)NS(=O)(=O)N1CCNCC1C(=O)N(C)C. The zero-order chi connectivity index (χ0) is 16.2. The van der Waals surface area contributed by atoms with E-state index in [4.69, 9.17) is 4.74 Å². The molecule has 1 saturated heterocycles. The van der Waals surface area contributed by atoms with Gasteiger partial charge in [-0.05, 0) is 13.8 Å². The van der Waals surface area contributed by atoms with E-state index < -0.39 is 28.4 Å². The second kappa shape index (κ2) is 7.05. The zero-order valence-electron chi connectivity index (χ0n) is 12.6. The van der Waals surface area contributed by atoms with Crippen LogP contribution in [0, 0.1) is 0 Å². The largest absolute Gasteiger partial charge is 0.446 e. The molecule has 1 fully saturated rings. The first kappa shape index (κ1) is 17.7. The Labute approximate surface area is 124 Å². The molecule has 0 aromatic carbocycles. The van der Waals surface area contributed by atoms with Crippen molar-refractivity contribution in [2.45, 2.75) is 26.0 Å². The molecule has 0 aromatic rings. The minimum atomic E-state index is -4.13. The van der Waals surface area contributed by atoms with E-state index in [1.807, 2.05) is 4.72 Å². The molecule has 1 heterocycles. The maximum Gasteiger partial charge on any atom is 0.422 e. The molecule has 0 aromatic heterocycles. The third kappa shape index (κ3) is 4.83. The van der Waals surface area contributed by atoms with Crippen molar-refractivity contribution in [3.63, 3.8) is 0 Å². The normalized spacial score (nSPS) is 20.1. The average molecular weight is 322 g/mol. The number of rotatable bonds is 4. The van der Waals surface area contributed by atoms with Gasteiger partial charge in [0.2, 0.25) is 5.91 Å². The summed E-state index contributed by atoms with van der Waals surface area (Å²) in [6.45, 7) is 3.90. The van der Waals surface area contributed by atoms with Crippen LogP contribution >= 0.6 is 0 Å². The van der Waals surface area contributed by atoms with Crippen molar-refractivity contribution in [3.8, 4) is 0 Å². The van der Waals surface area contributed by atoms with Crippen LogP contribution in [0.4, 0.5) is 4.79 Å². The maximum atomic E-state index is 12.2.